The number of rotatable bonds is 7. The molecule has 1 aromatic rings. The highest BCUT2D eigenvalue weighted by molar-refractivity contribution is 5.80. The molecule has 5 nitrogen and oxygen atoms in total. The fourth-order valence-electron chi connectivity index (χ4n) is 4.38. The van der Waals surface area contributed by atoms with Crippen molar-refractivity contribution in [1.82, 2.24) is 15.5 Å². The Morgan fingerprint density at radius 2 is 1.96 bits per heavy atom. The summed E-state index contributed by atoms with van der Waals surface area (Å²) in [6, 6.07) is 7.27. The molecular weight excluding hydrogens is 348 g/mol. The first-order valence-electron chi connectivity index (χ1n) is 11.0. The van der Waals surface area contributed by atoms with Crippen molar-refractivity contribution < 1.29 is 4.74 Å². The molecule has 28 heavy (non-hydrogen) atoms. The van der Waals surface area contributed by atoms with Crippen LogP contribution in [0.15, 0.2) is 23.2 Å². The lowest BCUT2D eigenvalue weighted by Gasteiger charge is -2.32. The summed E-state index contributed by atoms with van der Waals surface area (Å²) in [5, 5.41) is 7.13. The van der Waals surface area contributed by atoms with Crippen molar-refractivity contribution >= 4 is 5.96 Å². The van der Waals surface area contributed by atoms with Crippen molar-refractivity contribution in [2.24, 2.45) is 10.9 Å². The molecule has 1 fully saturated rings. The summed E-state index contributed by atoms with van der Waals surface area (Å²) in [5.74, 6) is 1.63. The Bertz CT molecular complexity index is 637. The Kier molecular flexibility index (Phi) is 8.16. The van der Waals surface area contributed by atoms with E-state index >= 15 is 0 Å². The molecule has 1 unspecified atom stereocenters. The van der Waals surface area contributed by atoms with E-state index in [9.17, 15) is 0 Å². The predicted molar refractivity (Wildman–Crippen MR) is 117 cm³/mol. The topological polar surface area (TPSA) is 48.9 Å². The van der Waals surface area contributed by atoms with E-state index in [1.807, 2.05) is 7.05 Å². The molecule has 0 aromatic heterocycles. The van der Waals surface area contributed by atoms with Gasteiger partial charge in [-0.1, -0.05) is 18.2 Å². The van der Waals surface area contributed by atoms with Crippen LogP contribution in [0.4, 0.5) is 0 Å². The molecule has 0 spiro atoms. The van der Waals surface area contributed by atoms with Crippen LogP contribution >= 0.6 is 0 Å². The Morgan fingerprint density at radius 1 is 1.21 bits per heavy atom. The van der Waals surface area contributed by atoms with E-state index in [4.69, 9.17) is 4.74 Å². The van der Waals surface area contributed by atoms with Crippen LogP contribution in [0.3, 0.4) is 0 Å². The first-order valence-corrected chi connectivity index (χ1v) is 11.0. The number of nitrogens with zero attached hydrogens (tertiary/aromatic N) is 2. The van der Waals surface area contributed by atoms with Gasteiger partial charge in [0, 0.05) is 27.2 Å². The summed E-state index contributed by atoms with van der Waals surface area (Å²) in [4.78, 5) is 6.95. The first-order chi connectivity index (χ1) is 13.7. The SMILES string of the molecule is CN=C(NCC1CCN(CCOC)CC1)NC(C)c1ccc2c(c1)CCCC2. The van der Waals surface area contributed by atoms with Gasteiger partial charge in [-0.3, -0.25) is 4.99 Å². The summed E-state index contributed by atoms with van der Waals surface area (Å²) >= 11 is 0. The van der Waals surface area contributed by atoms with E-state index < -0.39 is 0 Å². The normalized spacial score (nSPS) is 19.9. The highest BCUT2D eigenvalue weighted by Gasteiger charge is 2.19. The van der Waals surface area contributed by atoms with Crippen LogP contribution in [-0.4, -0.2) is 57.8 Å². The maximum Gasteiger partial charge on any atom is 0.191 e. The van der Waals surface area contributed by atoms with Crippen molar-refractivity contribution in [3.05, 3.63) is 34.9 Å². The van der Waals surface area contributed by atoms with E-state index in [0.717, 1.165) is 31.6 Å². The van der Waals surface area contributed by atoms with Gasteiger partial charge in [0.25, 0.3) is 0 Å². The highest BCUT2D eigenvalue weighted by atomic mass is 16.5. The van der Waals surface area contributed by atoms with Gasteiger partial charge in [0.2, 0.25) is 0 Å². The molecule has 0 bridgehead atoms. The minimum Gasteiger partial charge on any atom is -0.383 e. The lowest BCUT2D eigenvalue weighted by molar-refractivity contribution is 0.121. The number of hydrogen-bond acceptors (Lipinski definition) is 3. The molecule has 2 aliphatic rings. The van der Waals surface area contributed by atoms with Crippen molar-refractivity contribution in [2.75, 3.05) is 46.9 Å². The van der Waals surface area contributed by atoms with Gasteiger partial charge in [0.05, 0.1) is 12.6 Å². The minimum atomic E-state index is 0.259. The maximum atomic E-state index is 5.19. The Balaban J connectivity index is 1.44. The molecule has 0 saturated carbocycles. The molecule has 1 aliphatic heterocycles. The number of aryl methyl sites for hydroxylation is 2. The molecule has 0 radical (unpaired) electrons. The third kappa shape index (κ3) is 5.95. The number of benzene rings is 1. The summed E-state index contributed by atoms with van der Waals surface area (Å²) in [6.07, 6.45) is 7.62. The van der Waals surface area contributed by atoms with Crippen LogP contribution in [-0.2, 0) is 17.6 Å². The van der Waals surface area contributed by atoms with Gasteiger partial charge in [-0.15, -0.1) is 0 Å². The number of methoxy groups -OCH3 is 1. The van der Waals surface area contributed by atoms with Crippen LogP contribution in [0.1, 0.15) is 55.3 Å². The molecule has 5 heteroatoms. The Labute approximate surface area is 170 Å². The number of likely N-dealkylation sites (tertiary alicyclic amines) is 1. The van der Waals surface area contributed by atoms with Crippen molar-refractivity contribution in [2.45, 2.75) is 51.5 Å². The third-order valence-corrected chi connectivity index (χ3v) is 6.33. The lowest BCUT2D eigenvalue weighted by atomic mass is 9.89. The second-order valence-corrected chi connectivity index (χ2v) is 8.33. The van der Waals surface area contributed by atoms with Crippen LogP contribution in [0, 0.1) is 5.92 Å². The average molecular weight is 387 g/mol. The molecule has 1 heterocycles. The molecule has 1 aromatic carbocycles. The zero-order valence-corrected chi connectivity index (χ0v) is 18.0. The number of fused-ring (bicyclic) bond motifs is 1. The predicted octanol–water partition coefficient (Wildman–Crippen LogP) is 3.15. The number of ether oxygens (including phenoxy) is 1. The molecule has 2 N–H and O–H groups in total. The number of guanidine groups is 1. The van der Waals surface area contributed by atoms with E-state index in [0.29, 0.717) is 0 Å². The number of hydrogen-bond donors (Lipinski definition) is 2. The zero-order chi connectivity index (χ0) is 19.8. The summed E-state index contributed by atoms with van der Waals surface area (Å²) < 4.78 is 5.19. The fraction of sp³-hybridized carbons (Fsp3) is 0.696. The molecule has 0 amide bonds. The van der Waals surface area contributed by atoms with Gasteiger partial charge in [-0.05, 0) is 81.1 Å². The molecule has 1 saturated heterocycles. The van der Waals surface area contributed by atoms with E-state index in [1.165, 1.54) is 57.2 Å². The largest absolute Gasteiger partial charge is 0.383 e. The highest BCUT2D eigenvalue weighted by Crippen LogP contribution is 2.24. The van der Waals surface area contributed by atoms with E-state index in [-0.39, 0.29) is 6.04 Å². The van der Waals surface area contributed by atoms with Gasteiger partial charge >= 0.3 is 0 Å². The standard InChI is InChI=1S/C23H38N4O/c1-18(21-9-8-20-6-4-5-7-22(20)16-21)26-23(24-2)25-17-19-10-12-27(13-11-19)14-15-28-3/h8-9,16,18-19H,4-7,10-15,17H2,1-3H3,(H2,24,25,26). The number of piperidine rings is 1. The lowest BCUT2D eigenvalue weighted by Crippen LogP contribution is -2.44. The monoisotopic (exact) mass is 386 g/mol. The average Bonchev–Trinajstić information content (AvgIpc) is 2.75. The molecule has 156 valence electrons. The van der Waals surface area contributed by atoms with Gasteiger partial charge in [0.15, 0.2) is 5.96 Å². The maximum absolute atomic E-state index is 5.19. The zero-order valence-electron chi connectivity index (χ0n) is 18.0. The van der Waals surface area contributed by atoms with Crippen LogP contribution in [0.25, 0.3) is 0 Å². The van der Waals surface area contributed by atoms with Crippen molar-refractivity contribution in [3.63, 3.8) is 0 Å². The van der Waals surface area contributed by atoms with Crippen LogP contribution in [0.5, 0.6) is 0 Å². The molecule has 3 rings (SSSR count). The smallest absolute Gasteiger partial charge is 0.191 e. The summed E-state index contributed by atoms with van der Waals surface area (Å²) in [6.45, 7) is 7.46. The van der Waals surface area contributed by atoms with Gasteiger partial charge in [-0.2, -0.15) is 0 Å². The Morgan fingerprint density at radius 3 is 2.68 bits per heavy atom. The second-order valence-electron chi connectivity index (χ2n) is 8.33. The van der Waals surface area contributed by atoms with Crippen molar-refractivity contribution in [3.8, 4) is 0 Å². The van der Waals surface area contributed by atoms with Crippen LogP contribution < -0.4 is 10.6 Å². The van der Waals surface area contributed by atoms with Gasteiger partial charge in [0.1, 0.15) is 0 Å². The molecule has 1 atom stereocenters. The Hall–Kier alpha value is -1.59. The summed E-state index contributed by atoms with van der Waals surface area (Å²) in [7, 11) is 3.64. The number of aliphatic imine (C=N–C) groups is 1. The fourth-order valence-corrected chi connectivity index (χ4v) is 4.38. The quantitative estimate of drug-likeness (QED) is 0.558. The first kappa shape index (κ1) is 21.1. The molecule has 1 aliphatic carbocycles. The number of nitrogens with one attached hydrogen (secondary N) is 2. The van der Waals surface area contributed by atoms with Crippen molar-refractivity contribution in [1.29, 1.82) is 0 Å². The summed E-state index contributed by atoms with van der Waals surface area (Å²) in [5.41, 5.74) is 4.44. The van der Waals surface area contributed by atoms with Gasteiger partial charge in [-0.25, -0.2) is 0 Å². The minimum absolute atomic E-state index is 0.259. The van der Waals surface area contributed by atoms with Crippen LogP contribution in [0.2, 0.25) is 0 Å². The van der Waals surface area contributed by atoms with E-state index in [2.05, 4.69) is 45.6 Å². The molecular formula is C23H38N4O. The van der Waals surface area contributed by atoms with Gasteiger partial charge < -0.3 is 20.3 Å². The third-order valence-electron chi connectivity index (χ3n) is 6.33. The van der Waals surface area contributed by atoms with E-state index in [1.54, 1.807) is 18.2 Å². The second kappa shape index (κ2) is 10.8.